The molecule has 5 heteroatoms. The van der Waals surface area contributed by atoms with Crippen molar-refractivity contribution in [1.29, 1.82) is 5.41 Å². The van der Waals surface area contributed by atoms with Crippen molar-refractivity contribution >= 4 is 5.84 Å². The number of nitrogens with one attached hydrogen (secondary N) is 1. The van der Waals surface area contributed by atoms with Crippen molar-refractivity contribution in [1.82, 2.24) is 4.98 Å². The van der Waals surface area contributed by atoms with Crippen LogP contribution in [-0.2, 0) is 12.8 Å². The van der Waals surface area contributed by atoms with Gasteiger partial charge in [-0.1, -0.05) is 12.1 Å². The summed E-state index contributed by atoms with van der Waals surface area (Å²) in [7, 11) is 0. The fourth-order valence-corrected chi connectivity index (χ4v) is 2.52. The number of nitrogen functional groups attached to an aromatic ring is 1. The third kappa shape index (κ3) is 2.72. The number of nitrogens with two attached hydrogens (primary N) is 1. The van der Waals surface area contributed by atoms with Crippen LogP contribution in [0.2, 0.25) is 0 Å². The first-order chi connectivity index (χ1) is 10.1. The average Bonchev–Trinajstić information content (AvgIpc) is 2.48. The van der Waals surface area contributed by atoms with E-state index in [0.717, 1.165) is 36.9 Å². The van der Waals surface area contributed by atoms with Crippen LogP contribution in [0.15, 0.2) is 30.3 Å². The van der Waals surface area contributed by atoms with Crippen LogP contribution < -0.4 is 10.5 Å². The van der Waals surface area contributed by atoms with E-state index in [1.807, 2.05) is 6.07 Å². The number of aryl methyl sites for hydroxylation is 2. The Balaban J connectivity index is 2.04. The minimum Gasteiger partial charge on any atom is -0.435 e. The van der Waals surface area contributed by atoms with Crippen LogP contribution >= 0.6 is 0 Å². The summed E-state index contributed by atoms with van der Waals surface area (Å²) in [5.41, 5.74) is 8.08. The van der Waals surface area contributed by atoms with Crippen molar-refractivity contribution in [2.75, 3.05) is 0 Å². The van der Waals surface area contributed by atoms with Crippen molar-refractivity contribution in [2.45, 2.75) is 25.7 Å². The summed E-state index contributed by atoms with van der Waals surface area (Å²) in [6.07, 6.45) is 4.00. The second kappa shape index (κ2) is 5.52. The Kier molecular flexibility index (Phi) is 3.56. The Bertz CT molecular complexity index is 700. The molecule has 0 spiro atoms. The van der Waals surface area contributed by atoms with Gasteiger partial charge in [-0.2, -0.15) is 0 Å². The molecule has 1 aliphatic rings. The Hall–Kier alpha value is -2.43. The number of halogens is 1. The molecule has 4 nitrogen and oxygen atoms in total. The number of hydrogen-bond donors (Lipinski definition) is 2. The molecule has 0 aliphatic heterocycles. The summed E-state index contributed by atoms with van der Waals surface area (Å²) in [5.74, 6) is -0.301. The highest BCUT2D eigenvalue weighted by Crippen LogP contribution is 2.30. The van der Waals surface area contributed by atoms with Crippen molar-refractivity contribution in [3.63, 3.8) is 0 Å². The first-order valence-electron chi connectivity index (χ1n) is 6.94. The van der Waals surface area contributed by atoms with Gasteiger partial charge < -0.3 is 10.5 Å². The molecule has 0 bridgehead atoms. The third-order valence-electron chi connectivity index (χ3n) is 3.60. The summed E-state index contributed by atoms with van der Waals surface area (Å²) < 4.78 is 19.3. The topological polar surface area (TPSA) is 72.0 Å². The molecule has 0 atom stereocenters. The SMILES string of the molecule is N=C(N)c1cc2c(nc1Oc1ccccc1F)CCCC2. The average molecular weight is 285 g/mol. The zero-order valence-corrected chi connectivity index (χ0v) is 11.5. The number of hydrogen-bond acceptors (Lipinski definition) is 3. The Morgan fingerprint density at radius 3 is 2.76 bits per heavy atom. The van der Waals surface area contributed by atoms with Crippen LogP contribution in [-0.4, -0.2) is 10.8 Å². The monoisotopic (exact) mass is 285 g/mol. The quantitative estimate of drug-likeness (QED) is 0.672. The summed E-state index contributed by atoms with van der Waals surface area (Å²) in [5, 5.41) is 7.68. The number of benzene rings is 1. The fourth-order valence-electron chi connectivity index (χ4n) is 2.52. The molecule has 108 valence electrons. The lowest BCUT2D eigenvalue weighted by Gasteiger charge is -2.18. The predicted molar refractivity (Wildman–Crippen MR) is 78.4 cm³/mol. The molecule has 0 saturated heterocycles. The van der Waals surface area contributed by atoms with E-state index in [1.54, 1.807) is 12.1 Å². The highest BCUT2D eigenvalue weighted by atomic mass is 19.1. The van der Waals surface area contributed by atoms with Crippen LogP contribution in [0.4, 0.5) is 4.39 Å². The number of amidine groups is 1. The van der Waals surface area contributed by atoms with Gasteiger partial charge >= 0.3 is 0 Å². The highest BCUT2D eigenvalue weighted by molar-refractivity contribution is 5.97. The van der Waals surface area contributed by atoms with Gasteiger partial charge in [0.15, 0.2) is 11.6 Å². The molecule has 1 aromatic carbocycles. The first kappa shape index (κ1) is 13.5. The van der Waals surface area contributed by atoms with Crippen LogP contribution in [0.5, 0.6) is 11.6 Å². The molecular formula is C16H16FN3O. The molecule has 1 aliphatic carbocycles. The Morgan fingerprint density at radius 2 is 2.00 bits per heavy atom. The maximum absolute atomic E-state index is 13.7. The van der Waals surface area contributed by atoms with Crippen LogP contribution in [0.3, 0.4) is 0 Å². The van der Waals surface area contributed by atoms with Crippen LogP contribution in [0.25, 0.3) is 0 Å². The summed E-state index contributed by atoms with van der Waals surface area (Å²) in [6, 6.07) is 7.97. The van der Waals surface area contributed by atoms with E-state index in [4.69, 9.17) is 15.9 Å². The number of ether oxygens (including phenoxy) is 1. The van der Waals surface area contributed by atoms with Gasteiger partial charge in [-0.05, 0) is 49.4 Å². The largest absolute Gasteiger partial charge is 0.435 e. The van der Waals surface area contributed by atoms with Crippen molar-refractivity contribution < 1.29 is 9.13 Å². The van der Waals surface area contributed by atoms with Gasteiger partial charge in [-0.3, -0.25) is 5.41 Å². The second-order valence-electron chi connectivity index (χ2n) is 5.10. The standard InChI is InChI=1S/C16H16FN3O/c17-12-6-2-4-8-14(12)21-16-11(15(18)19)9-10-5-1-3-7-13(10)20-16/h2,4,6,8-9H,1,3,5,7H2,(H3,18,19). The Morgan fingerprint density at radius 1 is 1.24 bits per heavy atom. The summed E-state index contributed by atoms with van der Waals surface area (Å²) in [6.45, 7) is 0. The number of aromatic nitrogens is 1. The molecule has 0 radical (unpaired) electrons. The lowest BCUT2D eigenvalue weighted by molar-refractivity contribution is 0.423. The number of para-hydroxylation sites is 1. The zero-order chi connectivity index (χ0) is 14.8. The van der Waals surface area contributed by atoms with Gasteiger partial charge in [-0.25, -0.2) is 9.37 Å². The predicted octanol–water partition coefficient (Wildman–Crippen LogP) is 3.18. The van der Waals surface area contributed by atoms with Gasteiger partial charge in [0.05, 0.1) is 5.56 Å². The smallest absolute Gasteiger partial charge is 0.230 e. The van der Waals surface area contributed by atoms with Crippen LogP contribution in [0.1, 0.15) is 29.7 Å². The van der Waals surface area contributed by atoms with Crippen molar-refractivity contribution in [3.05, 3.63) is 53.0 Å². The second-order valence-corrected chi connectivity index (χ2v) is 5.10. The number of nitrogens with zero attached hydrogens (tertiary/aromatic N) is 1. The normalized spacial score (nSPS) is 13.6. The lowest BCUT2D eigenvalue weighted by atomic mass is 9.95. The minimum atomic E-state index is -0.466. The van der Waals surface area contributed by atoms with Gasteiger partial charge in [0.1, 0.15) is 5.84 Å². The molecule has 3 rings (SSSR count). The molecule has 1 aromatic heterocycles. The number of pyridine rings is 1. The van der Waals surface area contributed by atoms with Gasteiger partial charge in [0, 0.05) is 5.69 Å². The highest BCUT2D eigenvalue weighted by Gasteiger charge is 2.18. The number of fused-ring (bicyclic) bond motifs is 1. The number of rotatable bonds is 3. The van der Waals surface area contributed by atoms with E-state index in [2.05, 4.69) is 4.98 Å². The maximum atomic E-state index is 13.7. The van der Waals surface area contributed by atoms with Crippen molar-refractivity contribution in [3.8, 4) is 11.6 Å². The molecule has 0 fully saturated rings. The van der Waals surface area contributed by atoms with E-state index in [-0.39, 0.29) is 17.5 Å². The summed E-state index contributed by atoms with van der Waals surface area (Å²) >= 11 is 0. The first-order valence-corrected chi connectivity index (χ1v) is 6.94. The third-order valence-corrected chi connectivity index (χ3v) is 3.60. The molecule has 3 N–H and O–H groups in total. The maximum Gasteiger partial charge on any atom is 0.230 e. The molecular weight excluding hydrogens is 269 g/mol. The zero-order valence-electron chi connectivity index (χ0n) is 11.5. The summed E-state index contributed by atoms with van der Waals surface area (Å²) in [4.78, 5) is 4.46. The molecule has 1 heterocycles. The van der Waals surface area contributed by atoms with Gasteiger partial charge in [0.2, 0.25) is 5.88 Å². The minimum absolute atomic E-state index is 0.0864. The van der Waals surface area contributed by atoms with E-state index >= 15 is 0 Å². The Labute approximate surface area is 122 Å². The molecule has 0 unspecified atom stereocenters. The molecule has 0 saturated carbocycles. The van der Waals surface area contributed by atoms with Gasteiger partial charge in [-0.15, -0.1) is 0 Å². The fraction of sp³-hybridized carbons (Fsp3) is 0.250. The van der Waals surface area contributed by atoms with E-state index in [1.165, 1.54) is 12.1 Å². The van der Waals surface area contributed by atoms with E-state index in [0.29, 0.717) is 5.56 Å². The van der Waals surface area contributed by atoms with E-state index < -0.39 is 5.82 Å². The van der Waals surface area contributed by atoms with Crippen molar-refractivity contribution in [2.24, 2.45) is 5.73 Å². The lowest BCUT2D eigenvalue weighted by Crippen LogP contribution is -2.16. The van der Waals surface area contributed by atoms with E-state index in [9.17, 15) is 4.39 Å². The molecule has 2 aromatic rings. The van der Waals surface area contributed by atoms with Crippen LogP contribution in [0, 0.1) is 11.2 Å². The molecule has 21 heavy (non-hydrogen) atoms. The molecule has 0 amide bonds. The van der Waals surface area contributed by atoms with Gasteiger partial charge in [0.25, 0.3) is 0 Å².